The standard InChI is InChI=1S/C13H17Cl2NO5S/c1-7(2)6-8(13(17)18)16-22(19,20)10-5-4-9(21-3)11(14)12(10)15/h4-5,7-8,16H,6H2,1-3H3,(H,17,18)/t8-/m0/s1. The van der Waals surface area contributed by atoms with Crippen LogP contribution in [0.15, 0.2) is 17.0 Å². The summed E-state index contributed by atoms with van der Waals surface area (Å²) in [6.07, 6.45) is 0.149. The van der Waals surface area contributed by atoms with Crippen LogP contribution in [0.5, 0.6) is 5.75 Å². The van der Waals surface area contributed by atoms with Crippen LogP contribution < -0.4 is 9.46 Å². The molecule has 0 radical (unpaired) electrons. The van der Waals surface area contributed by atoms with Crippen molar-refractivity contribution in [2.24, 2.45) is 5.92 Å². The molecular weight excluding hydrogens is 353 g/mol. The van der Waals surface area contributed by atoms with E-state index in [2.05, 4.69) is 4.72 Å². The van der Waals surface area contributed by atoms with E-state index in [9.17, 15) is 13.2 Å². The Balaban J connectivity index is 3.19. The molecule has 1 atom stereocenters. The summed E-state index contributed by atoms with van der Waals surface area (Å²) in [5.41, 5.74) is 0. The average molecular weight is 370 g/mol. The van der Waals surface area contributed by atoms with Crippen LogP contribution >= 0.6 is 23.2 Å². The predicted molar refractivity (Wildman–Crippen MR) is 84.2 cm³/mol. The molecule has 0 aliphatic heterocycles. The number of carbonyl (C=O) groups is 1. The fourth-order valence-corrected chi connectivity index (χ4v) is 3.84. The van der Waals surface area contributed by atoms with Crippen molar-refractivity contribution in [2.75, 3.05) is 7.11 Å². The topological polar surface area (TPSA) is 92.7 Å². The first kappa shape index (κ1) is 19.0. The fraction of sp³-hybridized carbons (Fsp3) is 0.462. The number of nitrogens with one attached hydrogen (secondary N) is 1. The van der Waals surface area contributed by atoms with E-state index in [0.29, 0.717) is 0 Å². The molecule has 1 rings (SSSR count). The highest BCUT2D eigenvalue weighted by molar-refractivity contribution is 7.89. The molecule has 0 amide bonds. The van der Waals surface area contributed by atoms with Crippen molar-refractivity contribution < 1.29 is 23.1 Å². The zero-order valence-electron chi connectivity index (χ0n) is 12.3. The number of carboxylic acid groups (broad SMARTS) is 1. The van der Waals surface area contributed by atoms with E-state index in [1.165, 1.54) is 19.2 Å². The van der Waals surface area contributed by atoms with E-state index in [4.69, 9.17) is 33.0 Å². The Morgan fingerprint density at radius 1 is 1.32 bits per heavy atom. The third-order valence-corrected chi connectivity index (χ3v) is 5.31. The van der Waals surface area contributed by atoms with Crippen molar-refractivity contribution in [1.29, 1.82) is 0 Å². The van der Waals surface area contributed by atoms with Crippen LogP contribution in [0.1, 0.15) is 20.3 Å². The summed E-state index contributed by atoms with van der Waals surface area (Å²) in [6.45, 7) is 3.59. The van der Waals surface area contributed by atoms with E-state index >= 15 is 0 Å². The zero-order chi connectivity index (χ0) is 17.1. The molecule has 0 aromatic heterocycles. The van der Waals surface area contributed by atoms with Crippen LogP contribution in [0.25, 0.3) is 0 Å². The molecule has 0 heterocycles. The quantitative estimate of drug-likeness (QED) is 0.770. The maximum Gasteiger partial charge on any atom is 0.321 e. The van der Waals surface area contributed by atoms with Gasteiger partial charge in [0.05, 0.1) is 12.1 Å². The Morgan fingerprint density at radius 2 is 1.91 bits per heavy atom. The molecule has 124 valence electrons. The Morgan fingerprint density at radius 3 is 2.36 bits per heavy atom. The normalized spacial score (nSPS) is 13.2. The number of methoxy groups -OCH3 is 1. The number of rotatable bonds is 7. The molecule has 1 aromatic rings. The van der Waals surface area contributed by atoms with Crippen molar-refractivity contribution in [1.82, 2.24) is 4.72 Å². The molecule has 0 bridgehead atoms. The smallest absolute Gasteiger partial charge is 0.321 e. The minimum atomic E-state index is -4.13. The second-order valence-corrected chi connectivity index (χ2v) is 7.47. The molecule has 0 unspecified atom stereocenters. The van der Waals surface area contributed by atoms with Crippen molar-refractivity contribution in [3.05, 3.63) is 22.2 Å². The maximum absolute atomic E-state index is 12.3. The van der Waals surface area contributed by atoms with Gasteiger partial charge in [-0.3, -0.25) is 4.79 Å². The van der Waals surface area contributed by atoms with Gasteiger partial charge in [-0.15, -0.1) is 0 Å². The highest BCUT2D eigenvalue weighted by Gasteiger charge is 2.28. The van der Waals surface area contributed by atoms with Gasteiger partial charge in [0, 0.05) is 0 Å². The Hall–Kier alpha value is -1.02. The lowest BCUT2D eigenvalue weighted by atomic mass is 10.1. The molecule has 0 spiro atoms. The van der Waals surface area contributed by atoms with Gasteiger partial charge in [-0.1, -0.05) is 37.0 Å². The Bertz CT molecular complexity index is 661. The molecule has 1 aromatic carbocycles. The van der Waals surface area contributed by atoms with Gasteiger partial charge in [0.15, 0.2) is 0 Å². The second kappa shape index (κ2) is 7.50. The molecule has 2 N–H and O–H groups in total. The van der Waals surface area contributed by atoms with Crippen molar-refractivity contribution in [2.45, 2.75) is 31.2 Å². The summed E-state index contributed by atoms with van der Waals surface area (Å²) >= 11 is 11.9. The van der Waals surface area contributed by atoms with Gasteiger partial charge in [-0.25, -0.2) is 8.42 Å². The molecule has 0 aliphatic carbocycles. The number of benzene rings is 1. The summed E-state index contributed by atoms with van der Waals surface area (Å²) in [6, 6.07) is 1.31. The monoisotopic (exact) mass is 369 g/mol. The van der Waals surface area contributed by atoms with Gasteiger partial charge >= 0.3 is 5.97 Å². The fourth-order valence-electron chi connectivity index (χ4n) is 1.80. The largest absolute Gasteiger partial charge is 0.495 e. The highest BCUT2D eigenvalue weighted by Crippen LogP contribution is 2.36. The van der Waals surface area contributed by atoms with E-state index in [0.717, 1.165) is 0 Å². The van der Waals surface area contributed by atoms with Crippen molar-refractivity contribution in [3.63, 3.8) is 0 Å². The number of hydrogen-bond donors (Lipinski definition) is 2. The second-order valence-electron chi connectivity index (χ2n) is 5.04. The third kappa shape index (κ3) is 4.49. The van der Waals surface area contributed by atoms with Crippen LogP contribution in [0, 0.1) is 5.92 Å². The first-order chi connectivity index (χ1) is 10.1. The number of halogens is 2. The van der Waals surface area contributed by atoms with E-state index in [1.807, 2.05) is 0 Å². The summed E-state index contributed by atoms with van der Waals surface area (Å²) < 4.78 is 31.8. The van der Waals surface area contributed by atoms with Gasteiger partial charge in [0.25, 0.3) is 0 Å². The Kier molecular flexibility index (Phi) is 6.49. The zero-order valence-corrected chi connectivity index (χ0v) is 14.6. The van der Waals surface area contributed by atoms with Crippen LogP contribution in [-0.4, -0.2) is 32.6 Å². The van der Waals surface area contributed by atoms with Gasteiger partial charge in [-0.05, 0) is 24.5 Å². The number of hydrogen-bond acceptors (Lipinski definition) is 4. The number of carboxylic acids is 1. The van der Waals surface area contributed by atoms with Crippen LogP contribution in [0.2, 0.25) is 10.0 Å². The molecule has 0 fully saturated rings. The van der Waals surface area contributed by atoms with Crippen molar-refractivity contribution >= 4 is 39.2 Å². The van der Waals surface area contributed by atoms with E-state index in [-0.39, 0.29) is 33.0 Å². The lowest BCUT2D eigenvalue weighted by Gasteiger charge is -2.17. The van der Waals surface area contributed by atoms with Crippen molar-refractivity contribution in [3.8, 4) is 5.75 Å². The number of ether oxygens (including phenoxy) is 1. The minimum absolute atomic E-state index is 0.00118. The predicted octanol–water partition coefficient (Wildman–Crippen LogP) is 2.78. The molecule has 22 heavy (non-hydrogen) atoms. The first-order valence-electron chi connectivity index (χ1n) is 6.37. The molecule has 9 heteroatoms. The summed E-state index contributed by atoms with van der Waals surface area (Å²) in [7, 11) is -2.76. The Labute approximate surface area is 139 Å². The maximum atomic E-state index is 12.3. The SMILES string of the molecule is COc1ccc(S(=O)(=O)N[C@@H](CC(C)C)C(=O)O)c(Cl)c1Cl. The lowest BCUT2D eigenvalue weighted by molar-refractivity contribution is -0.139. The molecule has 0 aliphatic rings. The van der Waals surface area contributed by atoms with E-state index < -0.39 is 22.0 Å². The molecular formula is C13H17Cl2NO5S. The van der Waals surface area contributed by atoms with E-state index in [1.54, 1.807) is 13.8 Å². The lowest BCUT2D eigenvalue weighted by Crippen LogP contribution is -2.41. The van der Waals surface area contributed by atoms with Gasteiger partial charge in [-0.2, -0.15) is 4.72 Å². The molecule has 0 saturated heterocycles. The van der Waals surface area contributed by atoms with Gasteiger partial charge < -0.3 is 9.84 Å². The highest BCUT2D eigenvalue weighted by atomic mass is 35.5. The molecule has 6 nitrogen and oxygen atoms in total. The average Bonchev–Trinajstić information content (AvgIpc) is 2.39. The summed E-state index contributed by atoms with van der Waals surface area (Å²) in [4.78, 5) is 10.9. The van der Waals surface area contributed by atoms with Gasteiger partial charge in [0.2, 0.25) is 10.0 Å². The van der Waals surface area contributed by atoms with Gasteiger partial charge in [0.1, 0.15) is 21.7 Å². The minimum Gasteiger partial charge on any atom is -0.495 e. The number of aliphatic carboxylic acids is 1. The number of sulfonamides is 1. The first-order valence-corrected chi connectivity index (χ1v) is 8.61. The summed E-state index contributed by atoms with van der Waals surface area (Å²) in [5.74, 6) is -1.03. The summed E-state index contributed by atoms with van der Waals surface area (Å²) in [5, 5.41) is 8.86. The van der Waals surface area contributed by atoms with Crippen LogP contribution in [0.4, 0.5) is 0 Å². The molecule has 0 saturated carbocycles. The third-order valence-electron chi connectivity index (χ3n) is 2.82. The van der Waals surface area contributed by atoms with Crippen LogP contribution in [-0.2, 0) is 14.8 Å². The van der Waals surface area contributed by atoms with Crippen LogP contribution in [0.3, 0.4) is 0 Å².